The molecule has 1 nitrogen and oxygen atoms in total. The van der Waals surface area contributed by atoms with Gasteiger partial charge >= 0.3 is 0 Å². The summed E-state index contributed by atoms with van der Waals surface area (Å²) in [4.78, 5) is 3.44. The van der Waals surface area contributed by atoms with E-state index in [1.165, 1.54) is 6.20 Å². The molecule has 0 bridgehead atoms. The number of halogens is 3. The molecule has 48 valence electrons. The summed E-state index contributed by atoms with van der Waals surface area (Å²) in [5.41, 5.74) is 0. The quantitative estimate of drug-likeness (QED) is 0.539. The number of rotatable bonds is 0. The van der Waals surface area contributed by atoms with Gasteiger partial charge in [0.1, 0.15) is 0 Å². The Morgan fingerprint density at radius 1 is 1.44 bits per heavy atom. The smallest absolute Gasteiger partial charge is 0.164 e. The molecule has 1 aromatic heterocycles. The van der Waals surface area contributed by atoms with Crippen LogP contribution in [0.2, 0.25) is 10.2 Å². The molecule has 0 aliphatic heterocycles. The second kappa shape index (κ2) is 2.50. The first-order chi connectivity index (χ1) is 4.20. The van der Waals surface area contributed by atoms with Crippen molar-refractivity contribution in [2.24, 2.45) is 0 Å². The average Bonchev–Trinajstić information content (AvgIpc) is 1.80. The molecule has 9 heavy (non-hydrogen) atoms. The third-order valence-corrected chi connectivity index (χ3v) is 1.25. The van der Waals surface area contributed by atoms with E-state index in [0.29, 0.717) is 0 Å². The Kier molecular flexibility index (Phi) is 1.88. The third kappa shape index (κ3) is 1.53. The van der Waals surface area contributed by atoms with E-state index in [9.17, 15) is 4.39 Å². The molecule has 0 aromatic carbocycles. The van der Waals surface area contributed by atoms with Gasteiger partial charge in [-0.05, 0) is 6.07 Å². The van der Waals surface area contributed by atoms with Crippen LogP contribution in [0, 0.1) is 5.82 Å². The van der Waals surface area contributed by atoms with Gasteiger partial charge in [0.05, 0.1) is 5.02 Å². The number of pyridine rings is 1. The van der Waals surface area contributed by atoms with Crippen LogP contribution in [-0.4, -0.2) is 4.98 Å². The predicted molar refractivity (Wildman–Crippen MR) is 34.2 cm³/mol. The minimum absolute atomic E-state index is 0.153. The van der Waals surface area contributed by atoms with Gasteiger partial charge in [-0.25, -0.2) is 9.37 Å². The van der Waals surface area contributed by atoms with Crippen molar-refractivity contribution in [1.82, 2.24) is 4.98 Å². The normalized spacial score (nSPS) is 9.67. The lowest BCUT2D eigenvalue weighted by atomic mass is 10.5. The Bertz CT molecular complexity index is 226. The maximum absolute atomic E-state index is 12.3. The first kappa shape index (κ1) is 6.78. The topological polar surface area (TPSA) is 12.9 Å². The lowest BCUT2D eigenvalue weighted by molar-refractivity contribution is 0.622. The Balaban J connectivity index is 3.17. The molecule has 0 atom stereocenters. The fourth-order valence-corrected chi connectivity index (χ4v) is 0.646. The van der Waals surface area contributed by atoms with Gasteiger partial charge in [-0.15, -0.1) is 0 Å². The van der Waals surface area contributed by atoms with Crippen molar-refractivity contribution >= 4 is 23.2 Å². The second-order valence-electron chi connectivity index (χ2n) is 1.43. The molecule has 4 heteroatoms. The molecular formula is C5H2Cl2FN. The summed E-state index contributed by atoms with van der Waals surface area (Å²) in [6.45, 7) is 0. The van der Waals surface area contributed by atoms with Crippen LogP contribution in [0.3, 0.4) is 0 Å². The van der Waals surface area contributed by atoms with Crippen LogP contribution >= 0.6 is 23.2 Å². The molecule has 0 N–H and O–H groups in total. The van der Waals surface area contributed by atoms with Crippen LogP contribution < -0.4 is 0 Å². The van der Waals surface area contributed by atoms with Crippen LogP contribution in [0.1, 0.15) is 0 Å². The van der Waals surface area contributed by atoms with Crippen molar-refractivity contribution in [2.45, 2.75) is 0 Å². The van der Waals surface area contributed by atoms with Crippen LogP contribution in [-0.2, 0) is 0 Å². The zero-order valence-corrected chi connectivity index (χ0v) is 5.75. The maximum Gasteiger partial charge on any atom is 0.164 e. The molecule has 0 radical (unpaired) electrons. The molecule has 0 aliphatic rings. The zero-order chi connectivity index (χ0) is 6.85. The monoisotopic (exact) mass is 165 g/mol. The summed E-state index contributed by atoms with van der Waals surface area (Å²) in [6.07, 6.45) is 1.28. The van der Waals surface area contributed by atoms with Crippen LogP contribution in [0.25, 0.3) is 0 Å². The highest BCUT2D eigenvalue weighted by Gasteiger charge is 1.98. The molecule has 1 heterocycles. The van der Waals surface area contributed by atoms with Gasteiger partial charge in [0.2, 0.25) is 0 Å². The van der Waals surface area contributed by atoms with Gasteiger partial charge in [0.25, 0.3) is 0 Å². The third-order valence-electron chi connectivity index (χ3n) is 0.763. The largest absolute Gasteiger partial charge is 0.240 e. The molecule has 0 unspecified atom stereocenters. The molecule has 0 amide bonds. The molecule has 1 rings (SSSR count). The summed E-state index contributed by atoms with van der Waals surface area (Å²) >= 11 is 10.6. The highest BCUT2D eigenvalue weighted by atomic mass is 35.5. The van der Waals surface area contributed by atoms with E-state index in [0.717, 1.165) is 6.07 Å². The lowest BCUT2D eigenvalue weighted by Gasteiger charge is -1.90. The number of hydrogen-bond acceptors (Lipinski definition) is 1. The molecular weight excluding hydrogens is 164 g/mol. The molecule has 0 spiro atoms. The minimum atomic E-state index is -0.593. The molecule has 0 saturated heterocycles. The number of hydrogen-bond donors (Lipinski definition) is 0. The van der Waals surface area contributed by atoms with E-state index in [2.05, 4.69) is 4.98 Å². The van der Waals surface area contributed by atoms with E-state index in [1.807, 2.05) is 0 Å². The Hall–Kier alpha value is -0.340. The summed E-state index contributed by atoms with van der Waals surface area (Å²) in [6, 6.07) is 1.11. The summed E-state index contributed by atoms with van der Waals surface area (Å²) in [5.74, 6) is -0.593. The highest BCUT2D eigenvalue weighted by Crippen LogP contribution is 2.14. The standard InChI is InChI=1S/C5H2Cl2FN/c6-3-1-4(8)5(7)9-2-3/h1-2H. The number of nitrogens with zero attached hydrogens (tertiary/aromatic N) is 1. The van der Waals surface area contributed by atoms with Gasteiger partial charge in [-0.2, -0.15) is 0 Å². The Labute approximate surface area is 61.4 Å². The fraction of sp³-hybridized carbons (Fsp3) is 0. The molecule has 1 aromatic rings. The SMILES string of the molecule is Fc1cc(Cl)cnc1Cl. The van der Waals surface area contributed by atoms with Crippen molar-refractivity contribution in [3.8, 4) is 0 Å². The van der Waals surface area contributed by atoms with Crippen molar-refractivity contribution in [3.63, 3.8) is 0 Å². The van der Waals surface area contributed by atoms with Crippen molar-refractivity contribution in [3.05, 3.63) is 28.3 Å². The van der Waals surface area contributed by atoms with E-state index >= 15 is 0 Å². The Morgan fingerprint density at radius 2 is 2.11 bits per heavy atom. The summed E-state index contributed by atoms with van der Waals surface area (Å²) in [7, 11) is 0. The van der Waals surface area contributed by atoms with E-state index < -0.39 is 5.82 Å². The average molecular weight is 166 g/mol. The molecule has 0 aliphatic carbocycles. The summed E-state index contributed by atoms with van der Waals surface area (Å²) < 4.78 is 12.3. The van der Waals surface area contributed by atoms with Gasteiger partial charge in [-0.1, -0.05) is 23.2 Å². The van der Waals surface area contributed by atoms with E-state index in [4.69, 9.17) is 23.2 Å². The zero-order valence-electron chi connectivity index (χ0n) is 4.24. The fourth-order valence-electron chi connectivity index (χ4n) is 0.398. The van der Waals surface area contributed by atoms with Crippen molar-refractivity contribution in [2.75, 3.05) is 0 Å². The second-order valence-corrected chi connectivity index (χ2v) is 2.22. The van der Waals surface area contributed by atoms with E-state index in [-0.39, 0.29) is 10.2 Å². The summed E-state index contributed by atoms with van der Waals surface area (Å²) in [5, 5.41) is 0.0938. The lowest BCUT2D eigenvalue weighted by Crippen LogP contribution is -1.79. The van der Waals surface area contributed by atoms with Gasteiger partial charge in [0.15, 0.2) is 11.0 Å². The van der Waals surface area contributed by atoms with Gasteiger partial charge in [-0.3, -0.25) is 0 Å². The predicted octanol–water partition coefficient (Wildman–Crippen LogP) is 2.53. The maximum atomic E-state index is 12.3. The first-order valence-corrected chi connectivity index (χ1v) is 2.92. The number of aromatic nitrogens is 1. The first-order valence-electron chi connectivity index (χ1n) is 2.16. The van der Waals surface area contributed by atoms with Crippen molar-refractivity contribution in [1.29, 1.82) is 0 Å². The van der Waals surface area contributed by atoms with Crippen LogP contribution in [0.15, 0.2) is 12.3 Å². The highest BCUT2D eigenvalue weighted by molar-refractivity contribution is 6.32. The van der Waals surface area contributed by atoms with Gasteiger partial charge < -0.3 is 0 Å². The van der Waals surface area contributed by atoms with E-state index in [1.54, 1.807) is 0 Å². The molecule has 0 fully saturated rings. The van der Waals surface area contributed by atoms with Crippen LogP contribution in [0.5, 0.6) is 0 Å². The minimum Gasteiger partial charge on any atom is -0.240 e. The molecule has 0 saturated carbocycles. The Morgan fingerprint density at radius 3 is 2.56 bits per heavy atom. The van der Waals surface area contributed by atoms with Gasteiger partial charge in [0, 0.05) is 6.20 Å². The van der Waals surface area contributed by atoms with Crippen molar-refractivity contribution < 1.29 is 4.39 Å². The van der Waals surface area contributed by atoms with Crippen LogP contribution in [0.4, 0.5) is 4.39 Å².